The van der Waals surface area contributed by atoms with Crippen molar-refractivity contribution in [2.24, 2.45) is 5.92 Å². The molecule has 2 heterocycles. The number of amides is 3. The van der Waals surface area contributed by atoms with Crippen LogP contribution in [0.25, 0.3) is 0 Å². The third kappa shape index (κ3) is 3.62. The lowest BCUT2D eigenvalue weighted by molar-refractivity contribution is -0.127. The standard InChI is InChI=1S/C17H27N3O2/c21-16(9-8-14-5-2-1-3-6-14)19-11-4-7-15(13-19)20-12-10-18-17(20)22/h8-9,14-15H,1-7,10-13H2,(H,18,22)/b9-8+. The van der Waals surface area contributed by atoms with E-state index in [1.54, 1.807) is 6.08 Å². The Balaban J connectivity index is 1.53. The van der Waals surface area contributed by atoms with Gasteiger partial charge in [-0.2, -0.15) is 0 Å². The highest BCUT2D eigenvalue weighted by molar-refractivity contribution is 5.87. The van der Waals surface area contributed by atoms with Crippen molar-refractivity contribution in [1.82, 2.24) is 15.1 Å². The first-order chi connectivity index (χ1) is 10.7. The molecule has 0 aromatic carbocycles. The molecule has 0 bridgehead atoms. The van der Waals surface area contributed by atoms with Crippen molar-refractivity contribution in [3.8, 4) is 0 Å². The monoisotopic (exact) mass is 305 g/mol. The third-order valence-corrected chi connectivity index (χ3v) is 5.20. The molecule has 1 unspecified atom stereocenters. The Kier molecular flexibility index (Phi) is 5.01. The molecule has 3 fully saturated rings. The summed E-state index contributed by atoms with van der Waals surface area (Å²) >= 11 is 0. The quantitative estimate of drug-likeness (QED) is 0.812. The Bertz CT molecular complexity index is 443. The lowest BCUT2D eigenvalue weighted by atomic mass is 9.89. The van der Waals surface area contributed by atoms with E-state index in [1.807, 2.05) is 9.80 Å². The summed E-state index contributed by atoms with van der Waals surface area (Å²) in [7, 11) is 0. The first kappa shape index (κ1) is 15.4. The Morgan fingerprint density at radius 1 is 1.09 bits per heavy atom. The Morgan fingerprint density at radius 3 is 2.64 bits per heavy atom. The zero-order valence-corrected chi connectivity index (χ0v) is 13.3. The smallest absolute Gasteiger partial charge is 0.317 e. The first-order valence-corrected chi connectivity index (χ1v) is 8.75. The van der Waals surface area contributed by atoms with E-state index in [0.717, 1.165) is 32.5 Å². The fourth-order valence-corrected chi connectivity index (χ4v) is 3.89. The summed E-state index contributed by atoms with van der Waals surface area (Å²) in [6, 6.07) is 0.209. The van der Waals surface area contributed by atoms with Crippen molar-refractivity contribution in [1.29, 1.82) is 0 Å². The van der Waals surface area contributed by atoms with Crippen molar-refractivity contribution < 1.29 is 9.59 Å². The number of allylic oxidation sites excluding steroid dienone is 1. The molecule has 1 aliphatic carbocycles. The van der Waals surface area contributed by atoms with Gasteiger partial charge in [-0.05, 0) is 37.7 Å². The molecule has 22 heavy (non-hydrogen) atoms. The number of likely N-dealkylation sites (tertiary alicyclic amines) is 1. The van der Waals surface area contributed by atoms with E-state index in [1.165, 1.54) is 32.1 Å². The molecule has 5 nitrogen and oxygen atoms in total. The molecule has 122 valence electrons. The van der Waals surface area contributed by atoms with Gasteiger partial charge in [0.25, 0.3) is 0 Å². The molecular formula is C17H27N3O2. The number of nitrogens with zero attached hydrogens (tertiary/aromatic N) is 2. The topological polar surface area (TPSA) is 52.7 Å². The fourth-order valence-electron chi connectivity index (χ4n) is 3.89. The van der Waals surface area contributed by atoms with E-state index in [0.29, 0.717) is 12.5 Å². The molecule has 5 heteroatoms. The van der Waals surface area contributed by atoms with Crippen LogP contribution in [0.2, 0.25) is 0 Å². The van der Waals surface area contributed by atoms with Gasteiger partial charge in [-0.15, -0.1) is 0 Å². The van der Waals surface area contributed by atoms with Crippen LogP contribution in [0.5, 0.6) is 0 Å². The summed E-state index contributed by atoms with van der Waals surface area (Å²) in [5.74, 6) is 0.706. The number of carbonyl (C=O) groups excluding carboxylic acids is 2. The third-order valence-electron chi connectivity index (χ3n) is 5.20. The predicted molar refractivity (Wildman–Crippen MR) is 85.4 cm³/mol. The average molecular weight is 305 g/mol. The number of urea groups is 1. The highest BCUT2D eigenvalue weighted by atomic mass is 16.2. The minimum absolute atomic E-state index is 0.0250. The van der Waals surface area contributed by atoms with Crippen LogP contribution < -0.4 is 5.32 Å². The molecule has 3 rings (SSSR count). The van der Waals surface area contributed by atoms with Crippen molar-refractivity contribution in [3.63, 3.8) is 0 Å². The Hall–Kier alpha value is -1.52. The van der Waals surface area contributed by atoms with Gasteiger partial charge < -0.3 is 15.1 Å². The predicted octanol–water partition coefficient (Wildman–Crippen LogP) is 2.14. The molecule has 2 saturated heterocycles. The second-order valence-corrected chi connectivity index (χ2v) is 6.76. The second-order valence-electron chi connectivity index (χ2n) is 6.76. The molecule has 0 aromatic heterocycles. The zero-order chi connectivity index (χ0) is 15.4. The minimum Gasteiger partial charge on any atom is -0.337 e. The van der Waals surface area contributed by atoms with Crippen molar-refractivity contribution in [2.45, 2.75) is 51.0 Å². The highest BCUT2D eigenvalue weighted by Crippen LogP contribution is 2.25. The maximum atomic E-state index is 12.4. The minimum atomic E-state index is 0.0250. The number of nitrogens with one attached hydrogen (secondary N) is 1. The molecule has 1 atom stereocenters. The van der Waals surface area contributed by atoms with Crippen molar-refractivity contribution in [2.75, 3.05) is 26.2 Å². The SMILES string of the molecule is O=C(/C=C/C1CCCCC1)N1CCCC(N2CCNC2=O)C1. The maximum Gasteiger partial charge on any atom is 0.317 e. The summed E-state index contributed by atoms with van der Waals surface area (Å²) in [4.78, 5) is 28.0. The van der Waals surface area contributed by atoms with Gasteiger partial charge in [0, 0.05) is 26.2 Å². The van der Waals surface area contributed by atoms with Crippen LogP contribution in [0.4, 0.5) is 4.79 Å². The van der Waals surface area contributed by atoms with Crippen molar-refractivity contribution in [3.05, 3.63) is 12.2 Å². The van der Waals surface area contributed by atoms with E-state index < -0.39 is 0 Å². The van der Waals surface area contributed by atoms with Crippen LogP contribution in [0.15, 0.2) is 12.2 Å². The van der Waals surface area contributed by atoms with Gasteiger partial charge in [0.05, 0.1) is 6.04 Å². The van der Waals surface area contributed by atoms with E-state index in [4.69, 9.17) is 0 Å². The number of rotatable bonds is 3. The average Bonchev–Trinajstić information content (AvgIpc) is 3.00. The summed E-state index contributed by atoms with van der Waals surface area (Å²) < 4.78 is 0. The Labute approximate surface area is 132 Å². The molecule has 0 spiro atoms. The summed E-state index contributed by atoms with van der Waals surface area (Å²) in [6.07, 6.45) is 12.2. The van der Waals surface area contributed by atoms with Gasteiger partial charge in [-0.3, -0.25) is 4.79 Å². The molecular weight excluding hydrogens is 278 g/mol. The van der Waals surface area contributed by atoms with Gasteiger partial charge in [-0.1, -0.05) is 25.3 Å². The maximum absolute atomic E-state index is 12.4. The summed E-state index contributed by atoms with van der Waals surface area (Å²) in [5.41, 5.74) is 0. The van der Waals surface area contributed by atoms with Gasteiger partial charge >= 0.3 is 6.03 Å². The van der Waals surface area contributed by atoms with Crippen LogP contribution in [-0.4, -0.2) is 54.0 Å². The Morgan fingerprint density at radius 2 is 1.91 bits per heavy atom. The molecule has 1 saturated carbocycles. The van der Waals surface area contributed by atoms with E-state index >= 15 is 0 Å². The van der Waals surface area contributed by atoms with Gasteiger partial charge in [-0.25, -0.2) is 4.79 Å². The van der Waals surface area contributed by atoms with Crippen LogP contribution in [-0.2, 0) is 4.79 Å². The molecule has 2 aliphatic heterocycles. The van der Waals surface area contributed by atoms with Gasteiger partial charge in [0.1, 0.15) is 0 Å². The van der Waals surface area contributed by atoms with Crippen molar-refractivity contribution >= 4 is 11.9 Å². The molecule has 1 N–H and O–H groups in total. The van der Waals surface area contributed by atoms with Crippen LogP contribution in [0.3, 0.4) is 0 Å². The normalized spacial score (nSPS) is 27.5. The number of piperidine rings is 1. The summed E-state index contributed by atoms with van der Waals surface area (Å²) in [6.45, 7) is 3.00. The zero-order valence-electron chi connectivity index (χ0n) is 13.3. The van der Waals surface area contributed by atoms with Crippen LogP contribution in [0.1, 0.15) is 44.9 Å². The largest absolute Gasteiger partial charge is 0.337 e. The van der Waals surface area contributed by atoms with Gasteiger partial charge in [0.15, 0.2) is 0 Å². The van der Waals surface area contributed by atoms with E-state index in [2.05, 4.69) is 11.4 Å². The molecule has 0 radical (unpaired) electrons. The van der Waals surface area contributed by atoms with E-state index in [9.17, 15) is 9.59 Å². The second kappa shape index (κ2) is 7.16. The van der Waals surface area contributed by atoms with Crippen LogP contribution >= 0.6 is 0 Å². The fraction of sp³-hybridized carbons (Fsp3) is 0.765. The number of carbonyl (C=O) groups is 2. The molecule has 3 amide bonds. The number of hydrogen-bond donors (Lipinski definition) is 1. The van der Waals surface area contributed by atoms with Gasteiger partial charge in [0.2, 0.25) is 5.91 Å². The molecule has 0 aromatic rings. The number of hydrogen-bond acceptors (Lipinski definition) is 2. The highest BCUT2D eigenvalue weighted by Gasteiger charge is 2.32. The molecule has 3 aliphatic rings. The summed E-state index contributed by atoms with van der Waals surface area (Å²) in [5, 5.41) is 2.85. The van der Waals surface area contributed by atoms with E-state index in [-0.39, 0.29) is 18.0 Å². The lowest BCUT2D eigenvalue weighted by Gasteiger charge is -2.36. The van der Waals surface area contributed by atoms with Crippen LogP contribution in [0, 0.1) is 5.92 Å². The lowest BCUT2D eigenvalue weighted by Crippen LogP contribution is -2.50. The first-order valence-electron chi connectivity index (χ1n) is 8.75.